The number of aromatic nitrogens is 5. The monoisotopic (exact) mass is 386 g/mol. The Bertz CT molecular complexity index is 941. The molecule has 1 aliphatic heterocycles. The van der Waals surface area contributed by atoms with Gasteiger partial charge >= 0.3 is 0 Å². The first-order chi connectivity index (χ1) is 13.6. The molecule has 4 heterocycles. The molecule has 0 amide bonds. The quantitative estimate of drug-likeness (QED) is 0.674. The molecule has 28 heavy (non-hydrogen) atoms. The first-order valence-electron chi connectivity index (χ1n) is 8.91. The SMILES string of the molecule is CNc1cc(NCc2ccc(N3CCn4c(nnc4C(F)F)C3)nc2)ccn1. The van der Waals surface area contributed by atoms with Crippen LogP contribution in [0.4, 0.5) is 26.1 Å². The molecule has 0 bridgehead atoms. The summed E-state index contributed by atoms with van der Waals surface area (Å²) in [5.41, 5.74) is 2.00. The number of nitrogens with one attached hydrogen (secondary N) is 2. The average Bonchev–Trinajstić information content (AvgIpc) is 3.16. The highest BCUT2D eigenvalue weighted by molar-refractivity contribution is 5.52. The van der Waals surface area contributed by atoms with E-state index in [4.69, 9.17) is 0 Å². The van der Waals surface area contributed by atoms with Crippen molar-refractivity contribution in [2.75, 3.05) is 29.1 Å². The first-order valence-corrected chi connectivity index (χ1v) is 8.91. The van der Waals surface area contributed by atoms with Crippen molar-refractivity contribution in [1.82, 2.24) is 24.7 Å². The molecule has 8 nitrogen and oxygen atoms in total. The van der Waals surface area contributed by atoms with Gasteiger partial charge in [0.25, 0.3) is 6.43 Å². The largest absolute Gasteiger partial charge is 0.381 e. The molecule has 10 heteroatoms. The Morgan fingerprint density at radius 3 is 2.79 bits per heavy atom. The van der Waals surface area contributed by atoms with Crippen molar-refractivity contribution in [2.45, 2.75) is 26.1 Å². The maximum atomic E-state index is 12.9. The van der Waals surface area contributed by atoms with Crippen molar-refractivity contribution in [3.05, 3.63) is 53.9 Å². The van der Waals surface area contributed by atoms with Crippen LogP contribution in [0.25, 0.3) is 0 Å². The number of fused-ring (bicyclic) bond motifs is 1. The zero-order chi connectivity index (χ0) is 19.5. The van der Waals surface area contributed by atoms with Gasteiger partial charge in [-0.1, -0.05) is 6.07 Å². The van der Waals surface area contributed by atoms with Gasteiger partial charge in [0.2, 0.25) is 0 Å². The number of halogens is 2. The number of alkyl halides is 2. The normalized spacial score (nSPS) is 13.5. The molecule has 0 fully saturated rings. The van der Waals surface area contributed by atoms with E-state index in [2.05, 4.69) is 30.8 Å². The van der Waals surface area contributed by atoms with E-state index in [1.807, 2.05) is 42.4 Å². The topological polar surface area (TPSA) is 83.8 Å². The number of hydrogen-bond acceptors (Lipinski definition) is 7. The molecule has 2 N–H and O–H groups in total. The smallest absolute Gasteiger partial charge is 0.297 e. The molecule has 146 valence electrons. The summed E-state index contributed by atoms with van der Waals surface area (Å²) in [6.07, 6.45) is 0.943. The maximum Gasteiger partial charge on any atom is 0.297 e. The van der Waals surface area contributed by atoms with Crippen molar-refractivity contribution >= 4 is 17.3 Å². The van der Waals surface area contributed by atoms with Crippen LogP contribution in [0.2, 0.25) is 0 Å². The van der Waals surface area contributed by atoms with Gasteiger partial charge in [-0.05, 0) is 17.7 Å². The van der Waals surface area contributed by atoms with Gasteiger partial charge in [-0.25, -0.2) is 18.7 Å². The predicted molar refractivity (Wildman–Crippen MR) is 101 cm³/mol. The number of pyridine rings is 2. The number of hydrogen-bond donors (Lipinski definition) is 2. The van der Waals surface area contributed by atoms with Gasteiger partial charge in [-0.3, -0.25) is 0 Å². The third-order valence-electron chi connectivity index (χ3n) is 4.62. The van der Waals surface area contributed by atoms with Crippen LogP contribution < -0.4 is 15.5 Å². The lowest BCUT2D eigenvalue weighted by atomic mass is 10.2. The van der Waals surface area contributed by atoms with Gasteiger partial charge in [0, 0.05) is 50.8 Å². The maximum absolute atomic E-state index is 12.9. The summed E-state index contributed by atoms with van der Waals surface area (Å²) < 4.78 is 27.4. The van der Waals surface area contributed by atoms with E-state index in [0.29, 0.717) is 32.0 Å². The number of rotatable bonds is 6. The Hall–Kier alpha value is -3.30. The molecular formula is C18H20F2N8. The van der Waals surface area contributed by atoms with Crippen LogP contribution in [-0.4, -0.2) is 38.3 Å². The fourth-order valence-corrected chi connectivity index (χ4v) is 3.13. The third kappa shape index (κ3) is 3.71. The van der Waals surface area contributed by atoms with Crippen molar-refractivity contribution in [2.24, 2.45) is 0 Å². The van der Waals surface area contributed by atoms with Gasteiger partial charge in [0.15, 0.2) is 11.6 Å². The summed E-state index contributed by atoms with van der Waals surface area (Å²) in [5, 5.41) is 13.8. The van der Waals surface area contributed by atoms with Crippen LogP contribution in [0.15, 0.2) is 36.7 Å². The second kappa shape index (κ2) is 7.75. The van der Waals surface area contributed by atoms with Crippen LogP contribution in [-0.2, 0) is 19.6 Å². The molecule has 1 aliphatic rings. The fraction of sp³-hybridized carbons (Fsp3) is 0.333. The summed E-state index contributed by atoms with van der Waals surface area (Å²) in [5.74, 6) is 1.86. The Kier molecular flexibility index (Phi) is 5.00. The third-order valence-corrected chi connectivity index (χ3v) is 4.62. The second-order valence-corrected chi connectivity index (χ2v) is 6.41. The molecule has 0 unspecified atom stereocenters. The number of nitrogens with zero attached hydrogens (tertiary/aromatic N) is 6. The predicted octanol–water partition coefficient (Wildman–Crippen LogP) is 2.68. The summed E-state index contributed by atoms with van der Waals surface area (Å²) >= 11 is 0. The highest BCUT2D eigenvalue weighted by Gasteiger charge is 2.25. The summed E-state index contributed by atoms with van der Waals surface area (Å²) in [6.45, 7) is 2.04. The fourth-order valence-electron chi connectivity index (χ4n) is 3.13. The van der Waals surface area contributed by atoms with Gasteiger partial charge < -0.3 is 20.1 Å². The minimum atomic E-state index is -2.61. The zero-order valence-corrected chi connectivity index (χ0v) is 15.3. The lowest BCUT2D eigenvalue weighted by Gasteiger charge is -2.28. The summed E-state index contributed by atoms with van der Waals surface area (Å²) in [6, 6.07) is 7.77. The molecule has 3 aromatic rings. The Morgan fingerprint density at radius 1 is 1.14 bits per heavy atom. The molecule has 0 atom stereocenters. The average molecular weight is 386 g/mol. The molecule has 3 aromatic heterocycles. The Balaban J connectivity index is 1.39. The number of anilines is 3. The van der Waals surface area contributed by atoms with E-state index >= 15 is 0 Å². The second-order valence-electron chi connectivity index (χ2n) is 6.41. The van der Waals surface area contributed by atoms with Crippen molar-refractivity contribution in [1.29, 1.82) is 0 Å². The van der Waals surface area contributed by atoms with Crippen molar-refractivity contribution in [3.8, 4) is 0 Å². The lowest BCUT2D eigenvalue weighted by Crippen LogP contribution is -2.35. The molecule has 0 aromatic carbocycles. The van der Waals surface area contributed by atoms with Crippen LogP contribution >= 0.6 is 0 Å². The molecule has 0 saturated carbocycles. The molecular weight excluding hydrogens is 366 g/mol. The molecule has 0 radical (unpaired) electrons. The van der Waals surface area contributed by atoms with E-state index in [9.17, 15) is 8.78 Å². The van der Waals surface area contributed by atoms with Crippen molar-refractivity contribution < 1.29 is 8.78 Å². The standard InChI is InChI=1S/C18H20F2N8/c1-21-14-8-13(4-5-22-14)23-9-12-2-3-15(24-10-12)27-6-7-28-16(11-27)25-26-18(28)17(19)20/h2-5,8,10,17H,6-7,9,11H2,1H3,(H2,21,22,23). The van der Waals surface area contributed by atoms with E-state index in [-0.39, 0.29) is 5.82 Å². The van der Waals surface area contributed by atoms with Crippen molar-refractivity contribution in [3.63, 3.8) is 0 Å². The minimum Gasteiger partial charge on any atom is -0.381 e. The van der Waals surface area contributed by atoms with E-state index in [1.165, 1.54) is 4.57 Å². The summed E-state index contributed by atoms with van der Waals surface area (Å²) in [4.78, 5) is 10.7. The van der Waals surface area contributed by atoms with E-state index in [1.54, 1.807) is 6.20 Å². The summed E-state index contributed by atoms with van der Waals surface area (Å²) in [7, 11) is 1.83. The highest BCUT2D eigenvalue weighted by atomic mass is 19.3. The molecule has 4 rings (SSSR count). The Morgan fingerprint density at radius 2 is 2.04 bits per heavy atom. The molecule has 0 aliphatic carbocycles. The molecule has 0 spiro atoms. The Labute approximate surface area is 160 Å². The molecule has 0 saturated heterocycles. The van der Waals surface area contributed by atoms with Gasteiger partial charge in [-0.15, -0.1) is 10.2 Å². The van der Waals surface area contributed by atoms with E-state index in [0.717, 1.165) is 22.9 Å². The van der Waals surface area contributed by atoms with Gasteiger partial charge in [0.1, 0.15) is 11.6 Å². The van der Waals surface area contributed by atoms with Gasteiger partial charge in [0.05, 0.1) is 6.54 Å². The zero-order valence-electron chi connectivity index (χ0n) is 15.3. The van der Waals surface area contributed by atoms with E-state index < -0.39 is 6.43 Å². The van der Waals surface area contributed by atoms with Crippen LogP contribution in [0.1, 0.15) is 23.6 Å². The highest BCUT2D eigenvalue weighted by Crippen LogP contribution is 2.23. The van der Waals surface area contributed by atoms with Crippen LogP contribution in [0.5, 0.6) is 0 Å². The van der Waals surface area contributed by atoms with Gasteiger partial charge in [-0.2, -0.15) is 0 Å². The minimum absolute atomic E-state index is 0.262. The first kappa shape index (κ1) is 18.1. The van der Waals surface area contributed by atoms with Crippen LogP contribution in [0, 0.1) is 0 Å². The lowest BCUT2D eigenvalue weighted by molar-refractivity contribution is 0.134. The van der Waals surface area contributed by atoms with Crippen LogP contribution in [0.3, 0.4) is 0 Å².